The molecule has 0 spiro atoms. The maximum atomic E-state index is 13.3. The molecule has 0 amide bonds. The number of carboxylic acids is 1. The van der Waals surface area contributed by atoms with Gasteiger partial charge in [0.05, 0.1) is 0 Å². The summed E-state index contributed by atoms with van der Waals surface area (Å²) in [7, 11) is 0. The number of nitrogens with zero attached hydrogens (tertiary/aromatic N) is 2. The van der Waals surface area contributed by atoms with Crippen LogP contribution >= 0.6 is 0 Å². The summed E-state index contributed by atoms with van der Waals surface area (Å²) >= 11 is 0. The number of aromatic nitrogens is 2. The average molecular weight is 527 g/mol. The van der Waals surface area contributed by atoms with Crippen LogP contribution in [0, 0.1) is 6.92 Å². The summed E-state index contributed by atoms with van der Waals surface area (Å²) in [6.07, 6.45) is 17.5. The van der Waals surface area contributed by atoms with Gasteiger partial charge in [0.2, 0.25) is 0 Å². The second kappa shape index (κ2) is 17.2. The van der Waals surface area contributed by atoms with Crippen molar-refractivity contribution in [1.82, 2.24) is 9.55 Å². The van der Waals surface area contributed by atoms with Crippen LogP contribution in [-0.4, -0.2) is 38.4 Å². The molecule has 4 nitrogen and oxygen atoms in total. The molecule has 1 aromatic rings. The van der Waals surface area contributed by atoms with Gasteiger partial charge in [0.25, 0.3) is 0 Å². The summed E-state index contributed by atoms with van der Waals surface area (Å²) < 4.78 is 80.8. The van der Waals surface area contributed by atoms with Gasteiger partial charge < -0.3 is 9.67 Å². The minimum atomic E-state index is -5.94. The maximum Gasteiger partial charge on any atom is 0.410 e. The number of carboxylic acid groups (broad SMARTS) is 1. The maximum absolute atomic E-state index is 13.3. The molecule has 0 atom stereocenters. The highest BCUT2D eigenvalue weighted by atomic mass is 19.3. The van der Waals surface area contributed by atoms with Crippen molar-refractivity contribution in [1.29, 1.82) is 0 Å². The smallest absolute Gasteiger partial charge is 0.410 e. The minimum Gasteiger partial charge on any atom is -0.477 e. The van der Waals surface area contributed by atoms with Crippen molar-refractivity contribution in [2.45, 2.75) is 116 Å². The number of alkyl halides is 6. The lowest BCUT2D eigenvalue weighted by Crippen LogP contribution is -2.57. The first-order chi connectivity index (χ1) is 16.8. The van der Waals surface area contributed by atoms with Crippen LogP contribution in [-0.2, 0) is 11.3 Å². The molecule has 1 heterocycles. The molecule has 1 rings (SSSR count). The van der Waals surface area contributed by atoms with E-state index in [2.05, 4.69) is 23.4 Å². The number of carbonyl (C=O) groups is 1. The number of imidazole rings is 1. The van der Waals surface area contributed by atoms with E-state index in [1.165, 1.54) is 19.3 Å². The molecule has 0 bridgehead atoms. The summed E-state index contributed by atoms with van der Waals surface area (Å²) in [6, 6.07) is 0. The van der Waals surface area contributed by atoms with Crippen LogP contribution in [0.2, 0.25) is 0 Å². The van der Waals surface area contributed by atoms with Crippen LogP contribution in [0.25, 0.3) is 0 Å². The Bertz CT molecular complexity index is 791. The van der Waals surface area contributed by atoms with Crippen molar-refractivity contribution < 1.29 is 36.2 Å². The van der Waals surface area contributed by atoms with Gasteiger partial charge in [0, 0.05) is 25.4 Å². The van der Waals surface area contributed by atoms with E-state index in [0.29, 0.717) is 12.8 Å². The van der Waals surface area contributed by atoms with Crippen molar-refractivity contribution >= 4 is 5.97 Å². The summed E-state index contributed by atoms with van der Waals surface area (Å²) in [5.74, 6) is -19.0. The minimum absolute atomic E-state index is 0.112. The molecule has 0 aromatic carbocycles. The fraction of sp³-hybridized carbons (Fsp3) is 0.692. The van der Waals surface area contributed by atoms with Gasteiger partial charge in [0.1, 0.15) is 5.82 Å². The van der Waals surface area contributed by atoms with E-state index >= 15 is 0 Å². The molecule has 0 aliphatic heterocycles. The Balaban J connectivity index is 0.00000101. The highest BCUT2D eigenvalue weighted by Crippen LogP contribution is 2.48. The monoisotopic (exact) mass is 526 g/mol. The Hall–Kier alpha value is -2.26. The topological polar surface area (TPSA) is 55.1 Å². The molecule has 0 saturated heterocycles. The Kier molecular flexibility index (Phi) is 16.2. The third-order valence-corrected chi connectivity index (χ3v) is 5.49. The largest absolute Gasteiger partial charge is 0.477 e. The lowest BCUT2D eigenvalue weighted by Gasteiger charge is -2.30. The van der Waals surface area contributed by atoms with E-state index < -0.39 is 36.6 Å². The molecule has 36 heavy (non-hydrogen) atoms. The van der Waals surface area contributed by atoms with E-state index in [1.54, 1.807) is 6.08 Å². The zero-order valence-electron chi connectivity index (χ0n) is 21.5. The van der Waals surface area contributed by atoms with Gasteiger partial charge >= 0.3 is 23.7 Å². The molecule has 10 heteroatoms. The third-order valence-electron chi connectivity index (χ3n) is 5.49. The van der Waals surface area contributed by atoms with E-state index in [-0.39, 0.29) is 6.42 Å². The zero-order chi connectivity index (χ0) is 27.7. The highest BCUT2D eigenvalue weighted by molar-refractivity contribution is 5.77. The number of hydrogen-bond donors (Lipinski definition) is 1. The molecular weight excluding hydrogens is 486 g/mol. The van der Waals surface area contributed by atoms with Gasteiger partial charge in [-0.3, -0.25) is 0 Å². The predicted octanol–water partition coefficient (Wildman–Crippen LogP) is 8.61. The van der Waals surface area contributed by atoms with Crippen LogP contribution in [0.1, 0.15) is 90.3 Å². The lowest BCUT2D eigenvalue weighted by atomic mass is 9.98. The number of halogens is 6. The first kappa shape index (κ1) is 33.7. The second-order valence-corrected chi connectivity index (χ2v) is 8.60. The molecule has 0 aliphatic rings. The number of rotatable bonds is 17. The van der Waals surface area contributed by atoms with Crippen LogP contribution in [0.4, 0.5) is 26.3 Å². The molecule has 0 unspecified atom stereocenters. The number of allylic oxidation sites excluding steroid dienone is 4. The van der Waals surface area contributed by atoms with Crippen LogP contribution in [0.15, 0.2) is 36.7 Å². The van der Waals surface area contributed by atoms with E-state index in [9.17, 15) is 31.1 Å². The quantitative estimate of drug-likeness (QED) is 0.126. The summed E-state index contributed by atoms with van der Waals surface area (Å²) in [4.78, 5) is 14.2. The van der Waals surface area contributed by atoms with Crippen molar-refractivity contribution in [3.63, 3.8) is 0 Å². The molecule has 0 aliphatic carbocycles. The first-order valence-electron chi connectivity index (χ1n) is 12.5. The van der Waals surface area contributed by atoms with E-state index in [1.807, 2.05) is 37.5 Å². The molecule has 1 aromatic heterocycles. The zero-order valence-corrected chi connectivity index (χ0v) is 21.5. The van der Waals surface area contributed by atoms with Gasteiger partial charge in [-0.1, -0.05) is 57.4 Å². The Labute approximate surface area is 210 Å². The Morgan fingerprint density at radius 1 is 0.917 bits per heavy atom. The number of aliphatic carboxylic acids is 1. The van der Waals surface area contributed by atoms with Crippen molar-refractivity contribution in [3.05, 3.63) is 42.5 Å². The van der Waals surface area contributed by atoms with Gasteiger partial charge in [-0.15, -0.1) is 0 Å². The highest BCUT2D eigenvalue weighted by Gasteiger charge is 2.74. The van der Waals surface area contributed by atoms with Gasteiger partial charge in [-0.2, -0.15) is 26.3 Å². The molecule has 208 valence electrons. The third kappa shape index (κ3) is 11.6. The van der Waals surface area contributed by atoms with Crippen LogP contribution in [0.5, 0.6) is 0 Å². The van der Waals surface area contributed by atoms with Crippen LogP contribution < -0.4 is 0 Å². The van der Waals surface area contributed by atoms with E-state index in [4.69, 9.17) is 5.11 Å². The van der Waals surface area contributed by atoms with Crippen molar-refractivity contribution in [2.24, 2.45) is 0 Å². The first-order valence-corrected chi connectivity index (χ1v) is 12.5. The van der Waals surface area contributed by atoms with Gasteiger partial charge in [0.15, 0.2) is 0 Å². The summed E-state index contributed by atoms with van der Waals surface area (Å²) in [5.41, 5.74) is 0. The number of unbranched alkanes of at least 4 members (excludes halogenated alkanes) is 6. The van der Waals surface area contributed by atoms with Gasteiger partial charge in [-0.25, -0.2) is 9.78 Å². The number of hydrogen-bond acceptors (Lipinski definition) is 2. The molecule has 0 radical (unpaired) electrons. The Morgan fingerprint density at radius 2 is 1.47 bits per heavy atom. The molecule has 1 N–H and O–H groups in total. The molecule has 0 saturated carbocycles. The summed E-state index contributed by atoms with van der Waals surface area (Å²) in [6.45, 7) is 7.46. The lowest BCUT2D eigenvalue weighted by molar-refractivity contribution is -0.305. The molecular formula is C26H40F6N2O2. The average Bonchev–Trinajstić information content (AvgIpc) is 3.23. The standard InChI is InChI=1S/C18H26F6O2.C8H14N2/c1-2-3-4-5-6-7-8-9-10-11-12-13-14-16(19,20)18(23,24)17(21,22)15(25)26;1-3-4-6-10-7-5-9-8(10)2/h6-7,9-10H,2-5,8,11-14H2,1H3,(H,25,26);5,7H,3-4,6H2,1-2H3/b7-6-,10-9-;. The summed E-state index contributed by atoms with van der Waals surface area (Å²) in [5, 5.41) is 8.03. The predicted molar refractivity (Wildman–Crippen MR) is 130 cm³/mol. The number of aryl methyl sites for hydroxylation is 2. The van der Waals surface area contributed by atoms with Crippen molar-refractivity contribution in [2.75, 3.05) is 0 Å². The SMILES string of the molecule is CCCCC/C=C\C/C=C\CCCCC(F)(F)C(F)(F)C(F)(F)C(=O)O.CCCCn1ccnc1C. The van der Waals surface area contributed by atoms with Crippen molar-refractivity contribution in [3.8, 4) is 0 Å². The fourth-order valence-electron chi connectivity index (χ4n) is 3.12. The Morgan fingerprint density at radius 3 is 1.94 bits per heavy atom. The fourth-order valence-corrected chi connectivity index (χ4v) is 3.12. The molecule has 0 fully saturated rings. The van der Waals surface area contributed by atoms with Crippen LogP contribution in [0.3, 0.4) is 0 Å². The normalized spacial score (nSPS) is 12.8. The second-order valence-electron chi connectivity index (χ2n) is 8.60. The van der Waals surface area contributed by atoms with Gasteiger partial charge in [-0.05, 0) is 51.9 Å². The van der Waals surface area contributed by atoms with E-state index in [0.717, 1.165) is 31.6 Å².